The summed E-state index contributed by atoms with van der Waals surface area (Å²) >= 11 is 0. The molecular formula is C18H42NO6S+. The van der Waals surface area contributed by atoms with Crippen molar-refractivity contribution in [1.82, 2.24) is 0 Å². The van der Waals surface area contributed by atoms with Gasteiger partial charge in [-0.25, -0.2) is 0 Å². The lowest BCUT2D eigenvalue weighted by Crippen LogP contribution is -3.13. The topological polar surface area (TPSA) is 120 Å². The van der Waals surface area contributed by atoms with Crippen LogP contribution in [0.1, 0.15) is 71.1 Å². The molecule has 0 saturated heterocycles. The summed E-state index contributed by atoms with van der Waals surface area (Å²) in [5.41, 5.74) is 0. The molecule has 0 amide bonds. The number of rotatable bonds is 17. The largest absolute Gasteiger partial charge is 0.391 e. The van der Waals surface area contributed by atoms with Gasteiger partial charge in [0.1, 0.15) is 19.6 Å². The molecule has 0 aromatic heterocycles. The lowest BCUT2D eigenvalue weighted by Gasteiger charge is -2.15. The molecule has 0 aromatic carbocycles. The highest BCUT2D eigenvalue weighted by Crippen LogP contribution is 2.10. The van der Waals surface area contributed by atoms with Crippen molar-refractivity contribution in [2.24, 2.45) is 0 Å². The molecule has 0 rings (SSSR count). The SMILES string of the molecule is CCCCCCCCCCCCS(=O)(=O)O.OCC[NH+](CCO)CCO. The molecule has 0 aliphatic heterocycles. The van der Waals surface area contributed by atoms with Gasteiger partial charge in [0.15, 0.2) is 0 Å². The Labute approximate surface area is 160 Å². The van der Waals surface area contributed by atoms with Gasteiger partial charge in [-0.05, 0) is 6.42 Å². The fraction of sp³-hybridized carbons (Fsp3) is 1.00. The molecule has 0 aliphatic carbocycles. The summed E-state index contributed by atoms with van der Waals surface area (Å²) in [4.78, 5) is 1.03. The van der Waals surface area contributed by atoms with Gasteiger partial charge in [0, 0.05) is 0 Å². The number of hydrogen-bond donors (Lipinski definition) is 5. The highest BCUT2D eigenvalue weighted by molar-refractivity contribution is 7.85. The Morgan fingerprint density at radius 2 is 1.00 bits per heavy atom. The molecule has 0 heterocycles. The monoisotopic (exact) mass is 400 g/mol. The minimum atomic E-state index is -3.73. The van der Waals surface area contributed by atoms with Gasteiger partial charge in [-0.1, -0.05) is 64.7 Å². The third-order valence-corrected chi connectivity index (χ3v) is 4.96. The van der Waals surface area contributed by atoms with Gasteiger partial charge in [0.2, 0.25) is 0 Å². The first-order chi connectivity index (χ1) is 12.4. The van der Waals surface area contributed by atoms with Crippen LogP contribution in [0.5, 0.6) is 0 Å². The van der Waals surface area contributed by atoms with Crippen molar-refractivity contribution in [2.75, 3.05) is 45.2 Å². The number of aliphatic hydroxyl groups excluding tert-OH is 3. The van der Waals surface area contributed by atoms with E-state index >= 15 is 0 Å². The van der Waals surface area contributed by atoms with Crippen molar-refractivity contribution < 1.29 is 33.2 Å². The molecule has 0 unspecified atom stereocenters. The second-order valence-corrected chi connectivity index (χ2v) is 8.21. The van der Waals surface area contributed by atoms with Crippen LogP contribution in [0.3, 0.4) is 0 Å². The second-order valence-electron chi connectivity index (χ2n) is 6.64. The number of hydrogen-bond acceptors (Lipinski definition) is 5. The Balaban J connectivity index is 0. The lowest BCUT2D eigenvalue weighted by atomic mass is 10.1. The lowest BCUT2D eigenvalue weighted by molar-refractivity contribution is -0.901. The van der Waals surface area contributed by atoms with Gasteiger partial charge in [-0.2, -0.15) is 8.42 Å². The van der Waals surface area contributed by atoms with E-state index in [2.05, 4.69) is 6.92 Å². The molecule has 0 spiro atoms. The highest BCUT2D eigenvalue weighted by Gasteiger charge is 2.04. The van der Waals surface area contributed by atoms with Gasteiger partial charge < -0.3 is 20.2 Å². The van der Waals surface area contributed by atoms with Crippen LogP contribution in [-0.4, -0.2) is 73.5 Å². The van der Waals surface area contributed by atoms with Crippen LogP contribution in [0.15, 0.2) is 0 Å². The zero-order valence-electron chi connectivity index (χ0n) is 16.5. The van der Waals surface area contributed by atoms with Crippen LogP contribution in [-0.2, 0) is 10.1 Å². The van der Waals surface area contributed by atoms with Gasteiger partial charge in [0.25, 0.3) is 10.1 Å². The number of nitrogens with one attached hydrogen (secondary N) is 1. The van der Waals surface area contributed by atoms with E-state index < -0.39 is 10.1 Å². The van der Waals surface area contributed by atoms with E-state index in [1.54, 1.807) is 0 Å². The van der Waals surface area contributed by atoms with Crippen molar-refractivity contribution in [3.63, 3.8) is 0 Å². The van der Waals surface area contributed by atoms with E-state index in [1.807, 2.05) is 0 Å². The van der Waals surface area contributed by atoms with Crippen molar-refractivity contribution in [2.45, 2.75) is 71.1 Å². The van der Waals surface area contributed by atoms with E-state index in [9.17, 15) is 8.42 Å². The fourth-order valence-electron chi connectivity index (χ4n) is 2.62. The summed E-state index contributed by atoms with van der Waals surface area (Å²) in [6, 6.07) is 0. The highest BCUT2D eigenvalue weighted by atomic mass is 32.2. The minimum Gasteiger partial charge on any atom is -0.391 e. The first-order valence-corrected chi connectivity index (χ1v) is 11.6. The van der Waals surface area contributed by atoms with Crippen molar-refractivity contribution in [3.05, 3.63) is 0 Å². The van der Waals surface area contributed by atoms with Crippen LogP contribution in [0.2, 0.25) is 0 Å². The average molecular weight is 401 g/mol. The molecule has 0 aliphatic rings. The average Bonchev–Trinajstić information content (AvgIpc) is 2.57. The van der Waals surface area contributed by atoms with E-state index in [0.717, 1.165) is 17.7 Å². The first-order valence-electron chi connectivity index (χ1n) is 10.0. The first kappa shape index (κ1) is 28.0. The van der Waals surface area contributed by atoms with Gasteiger partial charge in [-0.3, -0.25) is 4.55 Å². The zero-order chi connectivity index (χ0) is 20.1. The van der Waals surface area contributed by atoms with E-state index in [-0.39, 0.29) is 25.6 Å². The summed E-state index contributed by atoms with van der Waals surface area (Å²) in [6.45, 7) is 4.33. The normalized spacial score (nSPS) is 11.5. The molecule has 7 nitrogen and oxygen atoms in total. The predicted molar refractivity (Wildman–Crippen MR) is 105 cm³/mol. The Morgan fingerprint density at radius 1 is 0.654 bits per heavy atom. The summed E-state index contributed by atoms with van der Waals surface area (Å²) in [5, 5.41) is 25.5. The quantitative estimate of drug-likeness (QED) is 0.181. The summed E-state index contributed by atoms with van der Waals surface area (Å²) in [5.74, 6) is -0.0799. The molecule has 160 valence electrons. The molecule has 0 fully saturated rings. The van der Waals surface area contributed by atoms with Crippen LogP contribution in [0, 0.1) is 0 Å². The predicted octanol–water partition coefficient (Wildman–Crippen LogP) is 0.643. The standard InChI is InChI=1S/C12H26O3S.C6H15NO3/c1-2-3-4-5-6-7-8-9-10-11-12-16(13,14)15;8-4-1-7(2-5-9)3-6-10/h2-12H2,1H3,(H,13,14,15);8-10H,1-6H2/p+1. The number of aliphatic hydroxyl groups is 3. The molecule has 0 atom stereocenters. The van der Waals surface area contributed by atoms with E-state index in [4.69, 9.17) is 19.9 Å². The number of quaternary nitrogens is 1. The van der Waals surface area contributed by atoms with Gasteiger partial charge in [-0.15, -0.1) is 0 Å². The molecule has 5 N–H and O–H groups in total. The molecule has 0 saturated carbocycles. The van der Waals surface area contributed by atoms with Gasteiger partial charge >= 0.3 is 0 Å². The molecule has 0 aromatic rings. The van der Waals surface area contributed by atoms with E-state index in [1.165, 1.54) is 44.9 Å². The maximum atomic E-state index is 10.4. The Hall–Kier alpha value is -0.250. The summed E-state index contributed by atoms with van der Waals surface area (Å²) in [6.07, 6.45) is 11.7. The minimum absolute atomic E-state index is 0.0799. The van der Waals surface area contributed by atoms with Crippen molar-refractivity contribution >= 4 is 10.1 Å². The fourth-order valence-corrected chi connectivity index (χ4v) is 3.19. The van der Waals surface area contributed by atoms with Crippen LogP contribution >= 0.6 is 0 Å². The zero-order valence-corrected chi connectivity index (χ0v) is 17.4. The Bertz CT molecular complexity index is 350. The summed E-state index contributed by atoms with van der Waals surface area (Å²) < 4.78 is 29.4. The molecule has 8 heteroatoms. The molecule has 0 radical (unpaired) electrons. The number of unbranched alkanes of at least 4 members (excludes halogenated alkanes) is 9. The van der Waals surface area contributed by atoms with Crippen LogP contribution in [0.25, 0.3) is 0 Å². The maximum Gasteiger partial charge on any atom is 0.264 e. The van der Waals surface area contributed by atoms with Crippen LogP contribution < -0.4 is 4.90 Å². The van der Waals surface area contributed by atoms with Crippen molar-refractivity contribution in [1.29, 1.82) is 0 Å². The van der Waals surface area contributed by atoms with Crippen LogP contribution in [0.4, 0.5) is 0 Å². The third kappa shape index (κ3) is 26.0. The third-order valence-electron chi connectivity index (χ3n) is 4.15. The molecular weight excluding hydrogens is 358 g/mol. The smallest absolute Gasteiger partial charge is 0.264 e. The van der Waals surface area contributed by atoms with Gasteiger partial charge in [0.05, 0.1) is 25.6 Å². The Kier molecular flexibility index (Phi) is 22.6. The second kappa shape index (κ2) is 21.1. The summed E-state index contributed by atoms with van der Waals surface area (Å²) in [7, 11) is -3.73. The Morgan fingerprint density at radius 3 is 1.31 bits per heavy atom. The molecule has 26 heavy (non-hydrogen) atoms. The molecule has 0 bridgehead atoms. The maximum absolute atomic E-state index is 10.4. The van der Waals surface area contributed by atoms with Crippen molar-refractivity contribution in [3.8, 4) is 0 Å². The van der Waals surface area contributed by atoms with E-state index in [0.29, 0.717) is 26.1 Å².